The summed E-state index contributed by atoms with van der Waals surface area (Å²) in [6.07, 6.45) is 8.79. The molecule has 8 nitrogen and oxygen atoms in total. The van der Waals surface area contributed by atoms with Gasteiger partial charge in [0.25, 0.3) is 0 Å². The SMILES string of the molecule is CC(C)(C)OC(=O)N1CCC(c2cncc(-c3cnc4c(c3)CCCN4C(N)=O)c2)CC1. The maximum absolute atomic E-state index is 12.3. The van der Waals surface area contributed by atoms with Crippen molar-refractivity contribution in [2.45, 2.75) is 58.0 Å². The van der Waals surface area contributed by atoms with Crippen molar-refractivity contribution in [2.75, 3.05) is 24.5 Å². The molecule has 1 fully saturated rings. The van der Waals surface area contributed by atoms with Gasteiger partial charge in [0.1, 0.15) is 11.4 Å². The molecule has 32 heavy (non-hydrogen) atoms. The molecule has 4 rings (SSSR count). The Morgan fingerprint density at radius 1 is 1.06 bits per heavy atom. The number of pyridine rings is 2. The number of urea groups is 1. The van der Waals surface area contributed by atoms with Gasteiger partial charge in [-0.05, 0) is 75.6 Å². The summed E-state index contributed by atoms with van der Waals surface area (Å²) in [4.78, 5) is 36.4. The first kappa shape index (κ1) is 22.0. The molecule has 170 valence electrons. The molecule has 0 bridgehead atoms. The van der Waals surface area contributed by atoms with Crippen LogP contribution in [-0.4, -0.2) is 52.2 Å². The smallest absolute Gasteiger partial charge is 0.410 e. The molecular weight excluding hydrogens is 406 g/mol. The van der Waals surface area contributed by atoms with Crippen molar-refractivity contribution in [1.29, 1.82) is 0 Å². The molecule has 1 saturated heterocycles. The van der Waals surface area contributed by atoms with Gasteiger partial charge in [0.05, 0.1) is 0 Å². The largest absolute Gasteiger partial charge is 0.444 e. The first-order valence-electron chi connectivity index (χ1n) is 11.2. The predicted octanol–water partition coefficient (Wildman–Crippen LogP) is 4.09. The molecule has 2 N–H and O–H groups in total. The third-order valence-electron chi connectivity index (χ3n) is 6.00. The monoisotopic (exact) mass is 437 g/mol. The van der Waals surface area contributed by atoms with E-state index < -0.39 is 11.6 Å². The number of aryl methyl sites for hydroxylation is 1. The third kappa shape index (κ3) is 4.84. The number of aromatic nitrogens is 2. The molecule has 8 heteroatoms. The van der Waals surface area contributed by atoms with E-state index in [4.69, 9.17) is 10.5 Å². The minimum absolute atomic E-state index is 0.243. The summed E-state index contributed by atoms with van der Waals surface area (Å²) in [6, 6.07) is 3.79. The van der Waals surface area contributed by atoms with Gasteiger partial charge in [0.15, 0.2) is 0 Å². The fourth-order valence-corrected chi connectivity index (χ4v) is 4.40. The van der Waals surface area contributed by atoms with Crippen LogP contribution in [0, 0.1) is 0 Å². The van der Waals surface area contributed by atoms with Gasteiger partial charge in [-0.2, -0.15) is 0 Å². The zero-order chi connectivity index (χ0) is 22.9. The topological polar surface area (TPSA) is 102 Å². The lowest BCUT2D eigenvalue weighted by Gasteiger charge is -2.33. The fraction of sp³-hybridized carbons (Fsp3) is 0.500. The van der Waals surface area contributed by atoms with Crippen molar-refractivity contribution >= 4 is 17.9 Å². The van der Waals surface area contributed by atoms with Crippen LogP contribution >= 0.6 is 0 Å². The van der Waals surface area contributed by atoms with Crippen molar-refractivity contribution < 1.29 is 14.3 Å². The summed E-state index contributed by atoms with van der Waals surface area (Å²) in [5.41, 5.74) is 9.20. The maximum atomic E-state index is 12.3. The number of piperidine rings is 1. The number of hydrogen-bond acceptors (Lipinski definition) is 5. The van der Waals surface area contributed by atoms with Crippen molar-refractivity contribution in [3.8, 4) is 11.1 Å². The fourth-order valence-electron chi connectivity index (χ4n) is 4.40. The van der Waals surface area contributed by atoms with E-state index in [-0.39, 0.29) is 6.09 Å². The van der Waals surface area contributed by atoms with Crippen LogP contribution in [0.15, 0.2) is 30.7 Å². The molecule has 0 aromatic carbocycles. The highest BCUT2D eigenvalue weighted by Crippen LogP contribution is 2.33. The number of ether oxygens (including phenoxy) is 1. The second-order valence-corrected chi connectivity index (χ2v) is 9.55. The Labute approximate surface area is 188 Å². The lowest BCUT2D eigenvalue weighted by atomic mass is 9.89. The van der Waals surface area contributed by atoms with Gasteiger partial charge in [0.2, 0.25) is 0 Å². The number of likely N-dealkylation sites (tertiary alicyclic amines) is 1. The maximum Gasteiger partial charge on any atom is 0.410 e. The minimum Gasteiger partial charge on any atom is -0.444 e. The number of primary amides is 1. The van der Waals surface area contributed by atoms with Crippen LogP contribution < -0.4 is 10.6 Å². The average molecular weight is 438 g/mol. The molecule has 2 aliphatic heterocycles. The summed E-state index contributed by atoms with van der Waals surface area (Å²) < 4.78 is 5.50. The van der Waals surface area contributed by atoms with Gasteiger partial charge < -0.3 is 15.4 Å². The lowest BCUT2D eigenvalue weighted by Crippen LogP contribution is -2.41. The van der Waals surface area contributed by atoms with Gasteiger partial charge >= 0.3 is 12.1 Å². The molecule has 0 saturated carbocycles. The highest BCUT2D eigenvalue weighted by Gasteiger charge is 2.28. The van der Waals surface area contributed by atoms with E-state index >= 15 is 0 Å². The molecule has 4 heterocycles. The van der Waals surface area contributed by atoms with Crippen LogP contribution in [0.5, 0.6) is 0 Å². The predicted molar refractivity (Wildman–Crippen MR) is 123 cm³/mol. The molecule has 0 radical (unpaired) electrons. The van der Waals surface area contributed by atoms with Gasteiger partial charge in [-0.3, -0.25) is 9.88 Å². The van der Waals surface area contributed by atoms with Crippen molar-refractivity contribution in [1.82, 2.24) is 14.9 Å². The van der Waals surface area contributed by atoms with Gasteiger partial charge in [-0.25, -0.2) is 14.6 Å². The highest BCUT2D eigenvalue weighted by atomic mass is 16.6. The molecule has 3 amide bonds. The number of hydrogen-bond donors (Lipinski definition) is 1. The number of anilines is 1. The van der Waals surface area contributed by atoms with Crippen molar-refractivity contribution in [3.63, 3.8) is 0 Å². The summed E-state index contributed by atoms with van der Waals surface area (Å²) >= 11 is 0. The van der Waals surface area contributed by atoms with Gasteiger partial charge in [-0.15, -0.1) is 0 Å². The van der Waals surface area contributed by atoms with E-state index in [0.29, 0.717) is 31.4 Å². The van der Waals surface area contributed by atoms with Crippen LogP contribution in [0.25, 0.3) is 11.1 Å². The minimum atomic E-state index is -0.483. The van der Waals surface area contributed by atoms with Gasteiger partial charge in [-0.1, -0.05) is 0 Å². The van der Waals surface area contributed by atoms with E-state index in [0.717, 1.165) is 42.4 Å². The molecule has 2 aromatic rings. The Hall–Kier alpha value is -3.16. The standard InChI is InChI=1S/C24H31N5O3/c1-24(2,3)32-23(31)28-9-6-16(7-10-28)18-12-19(14-26-13-18)20-11-17-5-4-8-29(22(25)30)21(17)27-15-20/h11-16H,4-10H2,1-3H3,(H2,25,30). The van der Waals surface area contributed by atoms with Crippen LogP contribution in [-0.2, 0) is 11.2 Å². The lowest BCUT2D eigenvalue weighted by molar-refractivity contribution is 0.0205. The molecular formula is C24H31N5O3. The van der Waals surface area contributed by atoms with Crippen LogP contribution in [0.4, 0.5) is 15.4 Å². The van der Waals surface area contributed by atoms with Gasteiger partial charge in [0, 0.05) is 49.4 Å². The van der Waals surface area contributed by atoms with Crippen molar-refractivity contribution in [3.05, 3.63) is 41.9 Å². The normalized spacial score (nSPS) is 17.1. The molecule has 2 aliphatic rings. The number of amides is 3. The highest BCUT2D eigenvalue weighted by molar-refractivity contribution is 5.91. The number of carbonyl (C=O) groups is 2. The average Bonchev–Trinajstić information content (AvgIpc) is 2.77. The third-order valence-corrected chi connectivity index (χ3v) is 6.00. The van der Waals surface area contributed by atoms with E-state index in [1.165, 1.54) is 10.5 Å². The van der Waals surface area contributed by atoms with E-state index in [2.05, 4.69) is 22.1 Å². The Balaban J connectivity index is 1.47. The number of rotatable bonds is 2. The second kappa shape index (κ2) is 8.76. The summed E-state index contributed by atoms with van der Waals surface area (Å²) in [5, 5.41) is 0. The molecule has 0 unspecified atom stereocenters. The second-order valence-electron chi connectivity index (χ2n) is 9.55. The first-order chi connectivity index (χ1) is 15.2. The number of nitrogens with two attached hydrogens (primary N) is 1. The summed E-state index contributed by atoms with van der Waals surface area (Å²) in [5.74, 6) is 1.00. The number of fused-ring (bicyclic) bond motifs is 1. The molecule has 2 aromatic heterocycles. The van der Waals surface area contributed by atoms with Crippen LogP contribution in [0.2, 0.25) is 0 Å². The zero-order valence-electron chi connectivity index (χ0n) is 19.0. The number of carbonyl (C=O) groups excluding carboxylic acids is 2. The summed E-state index contributed by atoms with van der Waals surface area (Å²) in [7, 11) is 0. The van der Waals surface area contributed by atoms with E-state index in [1.54, 1.807) is 11.1 Å². The Kier molecular flexibility index (Phi) is 6.04. The number of nitrogens with zero attached hydrogens (tertiary/aromatic N) is 4. The van der Waals surface area contributed by atoms with Crippen molar-refractivity contribution in [2.24, 2.45) is 5.73 Å². The van der Waals surface area contributed by atoms with Crippen LogP contribution in [0.3, 0.4) is 0 Å². The Morgan fingerprint density at radius 3 is 2.47 bits per heavy atom. The molecule has 0 atom stereocenters. The molecule has 0 aliphatic carbocycles. The molecule has 0 spiro atoms. The Morgan fingerprint density at radius 2 is 1.78 bits per heavy atom. The van der Waals surface area contributed by atoms with Crippen LogP contribution in [0.1, 0.15) is 57.1 Å². The first-order valence-corrected chi connectivity index (χ1v) is 11.2. The van der Waals surface area contributed by atoms with E-state index in [9.17, 15) is 9.59 Å². The quantitative estimate of drug-likeness (QED) is 0.762. The summed E-state index contributed by atoms with van der Waals surface area (Å²) in [6.45, 7) is 7.61. The Bertz CT molecular complexity index is 1010. The van der Waals surface area contributed by atoms with E-state index in [1.807, 2.05) is 33.2 Å². The zero-order valence-corrected chi connectivity index (χ0v) is 19.0.